The van der Waals surface area contributed by atoms with Gasteiger partial charge in [-0.05, 0) is 44.4 Å². The second-order valence-corrected chi connectivity index (χ2v) is 6.78. The van der Waals surface area contributed by atoms with E-state index in [9.17, 15) is 4.39 Å². The molecule has 1 atom stereocenters. The van der Waals surface area contributed by atoms with Crippen LogP contribution < -0.4 is 10.2 Å². The zero-order valence-corrected chi connectivity index (χ0v) is 13.8. The van der Waals surface area contributed by atoms with Gasteiger partial charge in [-0.25, -0.2) is 4.39 Å². The minimum atomic E-state index is -0.135. The largest absolute Gasteiger partial charge is 0.372 e. The molecule has 0 radical (unpaired) electrons. The van der Waals surface area contributed by atoms with E-state index < -0.39 is 0 Å². The van der Waals surface area contributed by atoms with E-state index in [1.165, 1.54) is 0 Å². The zero-order chi connectivity index (χ0) is 15.3. The molecule has 0 aromatic heterocycles. The highest BCUT2D eigenvalue weighted by atomic mass is 19.1. The predicted octanol–water partition coefficient (Wildman–Crippen LogP) is 4.20. The van der Waals surface area contributed by atoms with Crippen molar-refractivity contribution >= 4 is 5.69 Å². The van der Waals surface area contributed by atoms with Crippen molar-refractivity contribution in [2.45, 2.75) is 53.1 Å². The molecule has 2 nitrogen and oxygen atoms in total. The summed E-state index contributed by atoms with van der Waals surface area (Å²) < 4.78 is 14.2. The van der Waals surface area contributed by atoms with Gasteiger partial charge in [0.05, 0.1) is 5.69 Å². The molecule has 0 spiro atoms. The maximum atomic E-state index is 14.2. The molecule has 1 rings (SSSR count). The van der Waals surface area contributed by atoms with E-state index in [0.29, 0.717) is 18.2 Å². The molecule has 0 aliphatic rings. The highest BCUT2D eigenvalue weighted by Crippen LogP contribution is 2.21. The Hall–Kier alpha value is -1.09. The molecular weight excluding hydrogens is 251 g/mol. The number of hydrogen-bond acceptors (Lipinski definition) is 2. The van der Waals surface area contributed by atoms with Crippen LogP contribution in [0.25, 0.3) is 0 Å². The Bertz CT molecular complexity index is 423. The molecule has 0 fully saturated rings. The van der Waals surface area contributed by atoms with Crippen molar-refractivity contribution in [3.63, 3.8) is 0 Å². The van der Waals surface area contributed by atoms with Crippen LogP contribution in [0.3, 0.4) is 0 Å². The first-order chi connectivity index (χ1) is 9.23. The van der Waals surface area contributed by atoms with Crippen molar-refractivity contribution in [1.82, 2.24) is 5.32 Å². The third kappa shape index (κ3) is 5.49. The quantitative estimate of drug-likeness (QED) is 0.840. The van der Waals surface area contributed by atoms with Gasteiger partial charge in [0.15, 0.2) is 0 Å². The lowest BCUT2D eigenvalue weighted by Crippen LogP contribution is -2.35. The SMILES string of the molecule is CCC(C)CN(C)c1ccc(CNC(C)(C)C)cc1F. The Labute approximate surface area is 123 Å². The number of benzene rings is 1. The molecule has 0 bridgehead atoms. The summed E-state index contributed by atoms with van der Waals surface area (Å²) in [6.07, 6.45) is 1.11. The van der Waals surface area contributed by atoms with E-state index in [1.807, 2.05) is 24.1 Å². The van der Waals surface area contributed by atoms with Crippen molar-refractivity contribution < 1.29 is 4.39 Å². The first kappa shape index (κ1) is 17.0. The standard InChI is InChI=1S/C17H29FN2/c1-7-13(2)12-20(6)16-9-8-14(10-15(16)18)11-19-17(3,4)5/h8-10,13,19H,7,11-12H2,1-6H3. The van der Waals surface area contributed by atoms with Crippen molar-refractivity contribution in [1.29, 1.82) is 0 Å². The Morgan fingerprint density at radius 3 is 2.45 bits per heavy atom. The van der Waals surface area contributed by atoms with Crippen molar-refractivity contribution in [2.75, 3.05) is 18.5 Å². The molecule has 0 saturated heterocycles. The molecule has 0 aliphatic carbocycles. The van der Waals surface area contributed by atoms with Crippen LogP contribution in [0.2, 0.25) is 0 Å². The van der Waals surface area contributed by atoms with Gasteiger partial charge in [-0.2, -0.15) is 0 Å². The lowest BCUT2D eigenvalue weighted by Gasteiger charge is -2.24. The molecule has 1 N–H and O–H groups in total. The van der Waals surface area contributed by atoms with Gasteiger partial charge >= 0.3 is 0 Å². The summed E-state index contributed by atoms with van der Waals surface area (Å²) in [5, 5.41) is 3.38. The molecule has 1 unspecified atom stereocenters. The molecule has 0 amide bonds. The van der Waals surface area contributed by atoms with Gasteiger partial charge in [0.1, 0.15) is 5.82 Å². The number of nitrogens with zero attached hydrogens (tertiary/aromatic N) is 1. The molecule has 0 saturated carbocycles. The van der Waals surface area contributed by atoms with Crippen LogP contribution in [-0.4, -0.2) is 19.1 Å². The molecule has 114 valence electrons. The average molecular weight is 280 g/mol. The molecular formula is C17H29FN2. The number of anilines is 1. The normalized spacial score (nSPS) is 13.3. The van der Waals surface area contributed by atoms with Gasteiger partial charge < -0.3 is 10.2 Å². The van der Waals surface area contributed by atoms with Crippen LogP contribution >= 0.6 is 0 Å². The molecule has 1 aromatic rings. The smallest absolute Gasteiger partial charge is 0.146 e. The first-order valence-corrected chi connectivity index (χ1v) is 7.47. The van der Waals surface area contributed by atoms with Crippen LogP contribution in [0.15, 0.2) is 18.2 Å². The average Bonchev–Trinajstić information content (AvgIpc) is 2.35. The van der Waals surface area contributed by atoms with Crippen LogP contribution in [0, 0.1) is 11.7 Å². The minimum absolute atomic E-state index is 0.0441. The van der Waals surface area contributed by atoms with Crippen molar-refractivity contribution in [3.8, 4) is 0 Å². The van der Waals surface area contributed by atoms with Gasteiger partial charge in [-0.3, -0.25) is 0 Å². The van der Waals surface area contributed by atoms with Gasteiger partial charge in [0, 0.05) is 25.7 Å². The van der Waals surface area contributed by atoms with Gasteiger partial charge in [0.2, 0.25) is 0 Å². The summed E-state index contributed by atoms with van der Waals surface area (Å²) in [5.74, 6) is 0.436. The Morgan fingerprint density at radius 2 is 1.95 bits per heavy atom. The number of rotatable bonds is 6. The van der Waals surface area contributed by atoms with E-state index >= 15 is 0 Å². The third-order valence-electron chi connectivity index (χ3n) is 3.53. The van der Waals surface area contributed by atoms with Gasteiger partial charge in [0.25, 0.3) is 0 Å². The Morgan fingerprint density at radius 1 is 1.30 bits per heavy atom. The first-order valence-electron chi connectivity index (χ1n) is 7.47. The fourth-order valence-corrected chi connectivity index (χ4v) is 2.03. The fraction of sp³-hybridized carbons (Fsp3) is 0.647. The summed E-state index contributed by atoms with van der Waals surface area (Å²) in [4.78, 5) is 2.00. The Balaban J connectivity index is 2.72. The highest BCUT2D eigenvalue weighted by molar-refractivity contribution is 5.48. The summed E-state index contributed by atoms with van der Waals surface area (Å²) in [6.45, 7) is 12.3. The predicted molar refractivity (Wildman–Crippen MR) is 85.7 cm³/mol. The zero-order valence-electron chi connectivity index (χ0n) is 13.8. The Kier molecular flexibility index (Phi) is 6.00. The van der Waals surface area contributed by atoms with Crippen LogP contribution in [0.1, 0.15) is 46.6 Å². The lowest BCUT2D eigenvalue weighted by molar-refractivity contribution is 0.423. The topological polar surface area (TPSA) is 15.3 Å². The van der Waals surface area contributed by atoms with E-state index in [4.69, 9.17) is 0 Å². The van der Waals surface area contributed by atoms with E-state index in [-0.39, 0.29) is 11.4 Å². The maximum absolute atomic E-state index is 14.2. The van der Waals surface area contributed by atoms with E-state index in [1.54, 1.807) is 6.07 Å². The van der Waals surface area contributed by atoms with Crippen molar-refractivity contribution in [3.05, 3.63) is 29.6 Å². The van der Waals surface area contributed by atoms with E-state index in [0.717, 1.165) is 18.5 Å². The monoisotopic (exact) mass is 280 g/mol. The van der Waals surface area contributed by atoms with Crippen LogP contribution in [-0.2, 0) is 6.54 Å². The lowest BCUT2D eigenvalue weighted by atomic mass is 10.1. The van der Waals surface area contributed by atoms with Crippen LogP contribution in [0.4, 0.5) is 10.1 Å². The molecule has 3 heteroatoms. The second kappa shape index (κ2) is 7.07. The number of hydrogen-bond donors (Lipinski definition) is 1. The second-order valence-electron chi connectivity index (χ2n) is 6.78. The summed E-state index contributed by atoms with van der Waals surface area (Å²) in [6, 6.07) is 5.53. The minimum Gasteiger partial charge on any atom is -0.372 e. The summed E-state index contributed by atoms with van der Waals surface area (Å²) >= 11 is 0. The highest BCUT2D eigenvalue weighted by Gasteiger charge is 2.12. The molecule has 20 heavy (non-hydrogen) atoms. The van der Waals surface area contributed by atoms with Gasteiger partial charge in [-0.15, -0.1) is 0 Å². The van der Waals surface area contributed by atoms with Crippen LogP contribution in [0.5, 0.6) is 0 Å². The number of halogens is 1. The molecule has 0 aliphatic heterocycles. The van der Waals surface area contributed by atoms with Gasteiger partial charge in [-0.1, -0.05) is 26.3 Å². The fourth-order valence-electron chi connectivity index (χ4n) is 2.03. The summed E-state index contributed by atoms with van der Waals surface area (Å²) in [7, 11) is 1.96. The molecule has 0 heterocycles. The maximum Gasteiger partial charge on any atom is 0.146 e. The van der Waals surface area contributed by atoms with E-state index in [2.05, 4.69) is 39.9 Å². The third-order valence-corrected chi connectivity index (χ3v) is 3.53. The van der Waals surface area contributed by atoms with Crippen molar-refractivity contribution in [2.24, 2.45) is 5.92 Å². The number of nitrogens with one attached hydrogen (secondary N) is 1. The molecule has 1 aromatic carbocycles. The summed E-state index contributed by atoms with van der Waals surface area (Å²) in [5.41, 5.74) is 1.71.